The summed E-state index contributed by atoms with van der Waals surface area (Å²) in [5, 5.41) is 2.92. The number of hydrogen-bond acceptors (Lipinski definition) is 3. The van der Waals surface area contributed by atoms with E-state index in [4.69, 9.17) is 5.73 Å². The van der Waals surface area contributed by atoms with Crippen molar-refractivity contribution >= 4 is 29.9 Å². The second-order valence-electron chi connectivity index (χ2n) is 7.31. The lowest BCUT2D eigenvalue weighted by molar-refractivity contribution is -0.139. The van der Waals surface area contributed by atoms with Gasteiger partial charge < -0.3 is 16.0 Å². The van der Waals surface area contributed by atoms with Gasteiger partial charge in [0.15, 0.2) is 0 Å². The molecule has 0 bridgehead atoms. The monoisotopic (exact) mass is 367 g/mol. The van der Waals surface area contributed by atoms with E-state index < -0.39 is 5.54 Å². The summed E-state index contributed by atoms with van der Waals surface area (Å²) in [6.07, 6.45) is 3.74. The lowest BCUT2D eigenvalue weighted by atomic mass is 9.74. The van der Waals surface area contributed by atoms with Gasteiger partial charge in [0.25, 0.3) is 0 Å². The summed E-state index contributed by atoms with van der Waals surface area (Å²) in [4.78, 5) is 26.5. The Labute approximate surface area is 156 Å². The highest BCUT2D eigenvalue weighted by Gasteiger charge is 2.39. The van der Waals surface area contributed by atoms with Gasteiger partial charge in [0.2, 0.25) is 11.8 Å². The summed E-state index contributed by atoms with van der Waals surface area (Å²) < 4.78 is 0. The number of nitrogens with one attached hydrogen (secondary N) is 1. The molecule has 1 aliphatic carbocycles. The number of hydrogen-bond donors (Lipinski definition) is 2. The van der Waals surface area contributed by atoms with Crippen molar-refractivity contribution in [3.63, 3.8) is 0 Å². The molecule has 0 radical (unpaired) electrons. The van der Waals surface area contributed by atoms with Gasteiger partial charge in [0, 0.05) is 18.3 Å². The molecule has 0 spiro atoms. The van der Waals surface area contributed by atoms with Crippen molar-refractivity contribution in [2.75, 3.05) is 18.9 Å². The Balaban J connectivity index is 0.00000312. The van der Waals surface area contributed by atoms with Gasteiger partial charge in [0.1, 0.15) is 0 Å². The first kappa shape index (κ1) is 21.5. The molecule has 2 atom stereocenters. The summed E-state index contributed by atoms with van der Waals surface area (Å²) in [7, 11) is 1.68. The van der Waals surface area contributed by atoms with Crippen LogP contribution >= 0.6 is 12.4 Å². The van der Waals surface area contributed by atoms with Gasteiger partial charge in [-0.15, -0.1) is 12.4 Å². The number of amides is 2. The van der Waals surface area contributed by atoms with E-state index in [9.17, 15) is 9.59 Å². The minimum absolute atomic E-state index is 0. The fraction of sp³-hybridized carbons (Fsp3) is 0.579. The van der Waals surface area contributed by atoms with E-state index in [2.05, 4.69) is 5.32 Å². The van der Waals surface area contributed by atoms with Crippen LogP contribution in [0.1, 0.15) is 43.7 Å². The van der Waals surface area contributed by atoms with Gasteiger partial charge in [0.05, 0.1) is 12.5 Å². The number of aryl methyl sites for hydroxylation is 2. The first-order valence-electron chi connectivity index (χ1n) is 8.62. The summed E-state index contributed by atoms with van der Waals surface area (Å²) in [5.74, 6) is -0.418. The highest BCUT2D eigenvalue weighted by Crippen LogP contribution is 2.32. The summed E-state index contributed by atoms with van der Waals surface area (Å²) in [6, 6.07) is 5.87. The molecular weight excluding hydrogens is 338 g/mol. The molecule has 3 N–H and O–H groups in total. The van der Waals surface area contributed by atoms with E-state index in [1.165, 1.54) is 4.90 Å². The Hall–Kier alpha value is -1.59. The van der Waals surface area contributed by atoms with Crippen LogP contribution in [0, 0.1) is 19.8 Å². The van der Waals surface area contributed by atoms with Crippen molar-refractivity contribution in [1.29, 1.82) is 0 Å². The molecule has 0 aromatic heterocycles. The number of carbonyl (C=O) groups is 2. The lowest BCUT2D eigenvalue weighted by Gasteiger charge is -2.39. The van der Waals surface area contributed by atoms with Gasteiger partial charge in [-0.05, 0) is 44.7 Å². The maximum atomic E-state index is 12.7. The number of carbonyl (C=O) groups excluding carboxylic acids is 2. The zero-order chi connectivity index (χ0) is 17.9. The van der Waals surface area contributed by atoms with Crippen LogP contribution in [0.15, 0.2) is 18.2 Å². The molecule has 2 rings (SSSR count). The van der Waals surface area contributed by atoms with Gasteiger partial charge in [-0.1, -0.05) is 31.0 Å². The first-order chi connectivity index (χ1) is 11.2. The van der Waals surface area contributed by atoms with Gasteiger partial charge in [-0.25, -0.2) is 0 Å². The third-order valence-electron chi connectivity index (χ3n) is 5.05. The van der Waals surface area contributed by atoms with Crippen LogP contribution in [0.5, 0.6) is 0 Å². The first-order valence-corrected chi connectivity index (χ1v) is 8.62. The molecule has 1 aromatic rings. The van der Waals surface area contributed by atoms with Crippen molar-refractivity contribution in [2.45, 2.75) is 52.0 Å². The predicted octanol–water partition coefficient (Wildman–Crippen LogP) is 3.03. The Morgan fingerprint density at radius 2 is 1.88 bits per heavy atom. The summed E-state index contributed by atoms with van der Waals surface area (Å²) in [5.41, 5.74) is 8.68. The standard InChI is InChI=1S/C19H29N3O2.ClH/c1-13-8-7-9-14(2)17(13)21-16(23)12-22(4)18(24)15-10-5-6-11-19(15,3)20;/h7-9,15H,5-6,10-12,20H2,1-4H3,(H,21,23);1H. The van der Waals surface area contributed by atoms with E-state index in [1.54, 1.807) is 7.05 Å². The normalized spacial score (nSPS) is 22.7. The van der Waals surface area contributed by atoms with Crippen LogP contribution < -0.4 is 11.1 Å². The largest absolute Gasteiger partial charge is 0.336 e. The minimum Gasteiger partial charge on any atom is -0.336 e. The third kappa shape index (κ3) is 5.19. The number of halogens is 1. The van der Waals surface area contributed by atoms with E-state index in [1.807, 2.05) is 39.0 Å². The van der Waals surface area contributed by atoms with Crippen molar-refractivity contribution in [3.05, 3.63) is 29.3 Å². The van der Waals surface area contributed by atoms with Crippen LogP contribution in [0.3, 0.4) is 0 Å². The molecule has 1 aliphatic rings. The Morgan fingerprint density at radius 3 is 2.44 bits per heavy atom. The van der Waals surface area contributed by atoms with Crippen molar-refractivity contribution < 1.29 is 9.59 Å². The van der Waals surface area contributed by atoms with Crippen molar-refractivity contribution in [1.82, 2.24) is 4.90 Å². The molecule has 1 saturated carbocycles. The maximum absolute atomic E-state index is 12.7. The smallest absolute Gasteiger partial charge is 0.243 e. The fourth-order valence-corrected chi connectivity index (χ4v) is 3.51. The van der Waals surface area contributed by atoms with Gasteiger partial charge in [-0.3, -0.25) is 9.59 Å². The number of anilines is 1. The van der Waals surface area contributed by atoms with Crippen LogP contribution in [0.25, 0.3) is 0 Å². The second kappa shape index (κ2) is 8.68. The highest BCUT2D eigenvalue weighted by atomic mass is 35.5. The molecule has 5 nitrogen and oxygen atoms in total. The Bertz CT molecular complexity index is 611. The molecule has 1 fully saturated rings. The highest BCUT2D eigenvalue weighted by molar-refractivity contribution is 5.96. The van der Waals surface area contributed by atoms with Gasteiger partial charge in [-0.2, -0.15) is 0 Å². The van der Waals surface area contributed by atoms with E-state index in [-0.39, 0.29) is 36.7 Å². The number of para-hydroxylation sites is 1. The van der Waals surface area contributed by atoms with Crippen molar-refractivity contribution in [2.24, 2.45) is 11.7 Å². The summed E-state index contributed by atoms with van der Waals surface area (Å²) in [6.45, 7) is 5.90. The molecule has 1 aromatic carbocycles. The Morgan fingerprint density at radius 1 is 1.28 bits per heavy atom. The molecule has 0 saturated heterocycles. The zero-order valence-electron chi connectivity index (χ0n) is 15.6. The molecule has 6 heteroatoms. The molecule has 25 heavy (non-hydrogen) atoms. The van der Waals surface area contributed by atoms with Gasteiger partial charge >= 0.3 is 0 Å². The topological polar surface area (TPSA) is 75.4 Å². The zero-order valence-corrected chi connectivity index (χ0v) is 16.4. The number of nitrogens with two attached hydrogens (primary N) is 1. The van der Waals surface area contributed by atoms with E-state index in [0.29, 0.717) is 0 Å². The second-order valence-corrected chi connectivity index (χ2v) is 7.31. The van der Waals surface area contributed by atoms with Crippen LogP contribution in [-0.4, -0.2) is 35.8 Å². The van der Waals surface area contributed by atoms with Crippen LogP contribution in [0.2, 0.25) is 0 Å². The van der Waals surface area contributed by atoms with Crippen LogP contribution in [0.4, 0.5) is 5.69 Å². The Kier molecular flexibility index (Phi) is 7.44. The molecule has 0 heterocycles. The predicted molar refractivity (Wildman–Crippen MR) is 104 cm³/mol. The number of rotatable bonds is 4. The van der Waals surface area contributed by atoms with E-state index in [0.717, 1.165) is 42.5 Å². The molecular formula is C19H30ClN3O2. The number of likely N-dealkylation sites (N-methyl/N-ethyl adjacent to an activating group) is 1. The molecule has 0 aliphatic heterocycles. The maximum Gasteiger partial charge on any atom is 0.243 e. The average Bonchev–Trinajstić information content (AvgIpc) is 2.50. The molecule has 2 amide bonds. The minimum atomic E-state index is -0.479. The van der Waals surface area contributed by atoms with Crippen molar-refractivity contribution in [3.8, 4) is 0 Å². The van der Waals surface area contributed by atoms with Crippen LogP contribution in [-0.2, 0) is 9.59 Å². The van der Waals surface area contributed by atoms with E-state index >= 15 is 0 Å². The molecule has 140 valence electrons. The lowest BCUT2D eigenvalue weighted by Crippen LogP contribution is -2.53. The third-order valence-corrected chi connectivity index (χ3v) is 5.05. The quantitative estimate of drug-likeness (QED) is 0.858. The summed E-state index contributed by atoms with van der Waals surface area (Å²) >= 11 is 0. The SMILES string of the molecule is Cc1cccc(C)c1NC(=O)CN(C)C(=O)C1CCCCC1(C)N.Cl. The number of nitrogens with zero attached hydrogens (tertiary/aromatic N) is 1. The fourth-order valence-electron chi connectivity index (χ4n) is 3.51. The average molecular weight is 368 g/mol. The number of benzene rings is 1. The molecule has 2 unspecified atom stereocenters.